The van der Waals surface area contributed by atoms with Crippen LogP contribution >= 0.6 is 0 Å². The van der Waals surface area contributed by atoms with E-state index in [0.717, 1.165) is 19.3 Å². The van der Waals surface area contributed by atoms with Gasteiger partial charge in [-0.3, -0.25) is 4.79 Å². The van der Waals surface area contributed by atoms with Crippen molar-refractivity contribution in [2.75, 3.05) is 13.2 Å². The van der Waals surface area contributed by atoms with Crippen LogP contribution < -0.4 is 14.8 Å². The first-order valence-electron chi connectivity index (χ1n) is 8.09. The molecule has 2 aliphatic rings. The standard InChI is InChI=1S/C19H19NO3/c21-19(14-8-9-17-18(12-14)23-11-10-22-17)20-16-7-3-5-13-4-1-2-6-15(13)16/h1-2,4,6,8-9,12,16H,3,5,7,10-11H2,(H,20,21). The van der Waals surface area contributed by atoms with Gasteiger partial charge in [0.05, 0.1) is 6.04 Å². The summed E-state index contributed by atoms with van der Waals surface area (Å²) in [5.74, 6) is 1.28. The van der Waals surface area contributed by atoms with Gasteiger partial charge in [-0.2, -0.15) is 0 Å². The minimum atomic E-state index is -0.0660. The number of fused-ring (bicyclic) bond motifs is 2. The van der Waals surface area contributed by atoms with E-state index in [1.165, 1.54) is 11.1 Å². The monoisotopic (exact) mass is 309 g/mol. The fraction of sp³-hybridized carbons (Fsp3) is 0.316. The molecule has 1 N–H and O–H groups in total. The highest BCUT2D eigenvalue weighted by atomic mass is 16.6. The molecule has 4 nitrogen and oxygen atoms in total. The number of benzene rings is 2. The molecule has 0 saturated carbocycles. The van der Waals surface area contributed by atoms with E-state index in [1.54, 1.807) is 18.2 Å². The van der Waals surface area contributed by atoms with Gasteiger partial charge < -0.3 is 14.8 Å². The Kier molecular flexibility index (Phi) is 3.66. The van der Waals surface area contributed by atoms with Gasteiger partial charge in [0, 0.05) is 5.56 Å². The maximum absolute atomic E-state index is 12.6. The third kappa shape index (κ3) is 2.77. The average Bonchev–Trinajstić information content (AvgIpc) is 2.61. The summed E-state index contributed by atoms with van der Waals surface area (Å²) < 4.78 is 11.1. The van der Waals surface area contributed by atoms with Crippen LogP contribution in [0.15, 0.2) is 42.5 Å². The summed E-state index contributed by atoms with van der Waals surface area (Å²) in [6.07, 6.45) is 3.17. The van der Waals surface area contributed by atoms with Gasteiger partial charge in [0.25, 0.3) is 5.91 Å². The van der Waals surface area contributed by atoms with Gasteiger partial charge in [-0.1, -0.05) is 24.3 Å². The molecule has 4 rings (SSSR count). The second-order valence-electron chi connectivity index (χ2n) is 5.98. The smallest absolute Gasteiger partial charge is 0.251 e. The second kappa shape index (κ2) is 5.95. The van der Waals surface area contributed by atoms with E-state index in [4.69, 9.17) is 9.47 Å². The summed E-state index contributed by atoms with van der Waals surface area (Å²) in [6.45, 7) is 1.07. The predicted octanol–water partition coefficient (Wildman–Crippen LogP) is 3.27. The van der Waals surface area contributed by atoms with E-state index in [0.29, 0.717) is 30.3 Å². The summed E-state index contributed by atoms with van der Waals surface area (Å²) in [7, 11) is 0. The fourth-order valence-electron chi connectivity index (χ4n) is 3.33. The van der Waals surface area contributed by atoms with E-state index in [2.05, 4.69) is 23.5 Å². The topological polar surface area (TPSA) is 47.6 Å². The molecule has 1 atom stereocenters. The zero-order valence-corrected chi connectivity index (χ0v) is 12.9. The number of rotatable bonds is 2. The molecule has 2 aromatic rings. The van der Waals surface area contributed by atoms with Gasteiger partial charge in [0.2, 0.25) is 0 Å². The molecule has 23 heavy (non-hydrogen) atoms. The van der Waals surface area contributed by atoms with Crippen LogP contribution in [0, 0.1) is 0 Å². The Morgan fingerprint density at radius 3 is 2.78 bits per heavy atom. The molecule has 1 aliphatic heterocycles. The quantitative estimate of drug-likeness (QED) is 0.926. The Balaban J connectivity index is 1.55. The number of aryl methyl sites for hydroxylation is 1. The Labute approximate surface area is 135 Å². The number of amides is 1. The van der Waals surface area contributed by atoms with Gasteiger partial charge in [-0.25, -0.2) is 0 Å². The van der Waals surface area contributed by atoms with Crippen molar-refractivity contribution in [2.45, 2.75) is 25.3 Å². The van der Waals surface area contributed by atoms with Gasteiger partial charge in [-0.15, -0.1) is 0 Å². The molecule has 1 aliphatic carbocycles. The van der Waals surface area contributed by atoms with Crippen LogP contribution in [0.25, 0.3) is 0 Å². The third-order valence-corrected chi connectivity index (χ3v) is 4.48. The van der Waals surface area contributed by atoms with Gasteiger partial charge >= 0.3 is 0 Å². The van der Waals surface area contributed by atoms with Crippen molar-refractivity contribution >= 4 is 5.91 Å². The Bertz CT molecular complexity index is 741. The summed E-state index contributed by atoms with van der Waals surface area (Å²) >= 11 is 0. The maximum atomic E-state index is 12.6. The number of carbonyl (C=O) groups is 1. The first-order chi connectivity index (χ1) is 11.3. The lowest BCUT2D eigenvalue weighted by Gasteiger charge is -2.26. The molecule has 0 spiro atoms. The minimum absolute atomic E-state index is 0.0660. The van der Waals surface area contributed by atoms with Crippen molar-refractivity contribution < 1.29 is 14.3 Å². The van der Waals surface area contributed by atoms with Crippen LogP contribution in [0.3, 0.4) is 0 Å². The fourth-order valence-corrected chi connectivity index (χ4v) is 3.33. The van der Waals surface area contributed by atoms with Crippen molar-refractivity contribution in [2.24, 2.45) is 0 Å². The summed E-state index contributed by atoms with van der Waals surface area (Å²) in [5, 5.41) is 3.16. The van der Waals surface area contributed by atoms with E-state index in [-0.39, 0.29) is 11.9 Å². The highest BCUT2D eigenvalue weighted by Gasteiger charge is 2.22. The van der Waals surface area contributed by atoms with Crippen LogP contribution in [0.4, 0.5) is 0 Å². The Morgan fingerprint density at radius 1 is 1.04 bits per heavy atom. The maximum Gasteiger partial charge on any atom is 0.251 e. The minimum Gasteiger partial charge on any atom is -0.486 e. The lowest BCUT2D eigenvalue weighted by Crippen LogP contribution is -2.31. The zero-order valence-electron chi connectivity index (χ0n) is 12.9. The second-order valence-corrected chi connectivity index (χ2v) is 5.98. The first kappa shape index (κ1) is 14.1. The molecule has 1 amide bonds. The van der Waals surface area contributed by atoms with Crippen LogP contribution in [0.2, 0.25) is 0 Å². The van der Waals surface area contributed by atoms with Gasteiger partial charge in [-0.05, 0) is 48.6 Å². The SMILES string of the molecule is O=C(NC1CCCc2ccccc21)c1ccc2c(c1)OCCO2. The van der Waals surface area contributed by atoms with E-state index < -0.39 is 0 Å². The van der Waals surface area contributed by atoms with Crippen LogP contribution in [-0.2, 0) is 6.42 Å². The molecular formula is C19H19NO3. The first-order valence-corrected chi connectivity index (χ1v) is 8.09. The van der Waals surface area contributed by atoms with Gasteiger partial charge in [0.1, 0.15) is 13.2 Å². The Hall–Kier alpha value is -2.49. The Morgan fingerprint density at radius 2 is 1.87 bits per heavy atom. The van der Waals surface area contributed by atoms with Crippen LogP contribution in [0.1, 0.15) is 40.4 Å². The highest BCUT2D eigenvalue weighted by molar-refractivity contribution is 5.95. The molecule has 0 saturated heterocycles. The van der Waals surface area contributed by atoms with Crippen LogP contribution in [0.5, 0.6) is 11.5 Å². The highest BCUT2D eigenvalue weighted by Crippen LogP contribution is 2.32. The van der Waals surface area contributed by atoms with Gasteiger partial charge in [0.15, 0.2) is 11.5 Å². The number of hydrogen-bond acceptors (Lipinski definition) is 3. The molecule has 118 valence electrons. The van der Waals surface area contributed by atoms with Crippen LogP contribution in [-0.4, -0.2) is 19.1 Å². The van der Waals surface area contributed by atoms with Crippen molar-refractivity contribution in [1.82, 2.24) is 5.32 Å². The third-order valence-electron chi connectivity index (χ3n) is 4.48. The van der Waals surface area contributed by atoms with Crippen molar-refractivity contribution in [3.8, 4) is 11.5 Å². The lowest BCUT2D eigenvalue weighted by molar-refractivity contribution is 0.0931. The van der Waals surface area contributed by atoms with E-state index in [9.17, 15) is 4.79 Å². The zero-order chi connectivity index (χ0) is 15.6. The molecule has 4 heteroatoms. The summed E-state index contributed by atoms with van der Waals surface area (Å²) in [4.78, 5) is 12.6. The van der Waals surface area contributed by atoms with Crippen molar-refractivity contribution in [3.63, 3.8) is 0 Å². The van der Waals surface area contributed by atoms with E-state index in [1.807, 2.05) is 6.07 Å². The van der Waals surface area contributed by atoms with Crippen molar-refractivity contribution in [1.29, 1.82) is 0 Å². The predicted molar refractivity (Wildman–Crippen MR) is 87.0 cm³/mol. The molecule has 2 aromatic carbocycles. The van der Waals surface area contributed by atoms with Crippen molar-refractivity contribution in [3.05, 3.63) is 59.2 Å². The number of ether oxygens (including phenoxy) is 2. The molecule has 0 aromatic heterocycles. The molecule has 1 unspecified atom stereocenters. The average molecular weight is 309 g/mol. The largest absolute Gasteiger partial charge is 0.486 e. The molecular weight excluding hydrogens is 290 g/mol. The molecule has 0 bridgehead atoms. The summed E-state index contributed by atoms with van der Waals surface area (Å²) in [6, 6.07) is 13.8. The molecule has 0 fully saturated rings. The normalized spacial score (nSPS) is 18.9. The number of nitrogens with one attached hydrogen (secondary N) is 1. The number of carbonyl (C=O) groups excluding carboxylic acids is 1. The molecule has 1 heterocycles. The van der Waals surface area contributed by atoms with E-state index >= 15 is 0 Å². The molecule has 0 radical (unpaired) electrons. The number of hydrogen-bond donors (Lipinski definition) is 1. The lowest BCUT2D eigenvalue weighted by atomic mass is 9.87. The summed E-state index contributed by atoms with van der Waals surface area (Å²) in [5.41, 5.74) is 3.19.